The predicted octanol–water partition coefficient (Wildman–Crippen LogP) is 4.24. The zero-order chi connectivity index (χ0) is 18.7. The van der Waals surface area contributed by atoms with E-state index in [4.69, 9.17) is 0 Å². The fraction of sp³-hybridized carbons (Fsp3) is 0.696. The number of nitrogens with zero attached hydrogens (tertiary/aromatic N) is 1. The van der Waals surface area contributed by atoms with E-state index >= 15 is 0 Å². The molecule has 3 fully saturated rings. The number of amides is 1. The molecule has 1 saturated heterocycles. The Kier molecular flexibility index (Phi) is 4.04. The highest BCUT2D eigenvalue weighted by molar-refractivity contribution is 5.81. The molecule has 26 heavy (non-hydrogen) atoms. The summed E-state index contributed by atoms with van der Waals surface area (Å²) in [5.41, 5.74) is 2.83. The maximum Gasteiger partial charge on any atom is 0.225 e. The van der Waals surface area contributed by atoms with Crippen LogP contribution < -0.4 is 0 Å². The first kappa shape index (κ1) is 18.0. The molecule has 0 unspecified atom stereocenters. The Balaban J connectivity index is 1.36. The molecule has 142 valence electrons. The number of carbonyl (C=O) groups is 1. The Bertz CT molecular complexity index is 701. The minimum atomic E-state index is -0.612. The highest BCUT2D eigenvalue weighted by atomic mass is 16.3. The van der Waals surface area contributed by atoms with Gasteiger partial charge in [0.2, 0.25) is 5.91 Å². The first-order chi connectivity index (χ1) is 12.1. The number of hydrogen-bond acceptors (Lipinski definition) is 2. The second-order valence-electron chi connectivity index (χ2n) is 10.6. The van der Waals surface area contributed by atoms with E-state index in [1.807, 2.05) is 11.8 Å². The minimum absolute atomic E-state index is 0.0583. The van der Waals surface area contributed by atoms with Crippen LogP contribution in [0.5, 0.6) is 0 Å². The van der Waals surface area contributed by atoms with Crippen molar-refractivity contribution in [2.45, 2.75) is 76.7 Å². The molecule has 1 aromatic carbocycles. The van der Waals surface area contributed by atoms with Gasteiger partial charge in [-0.3, -0.25) is 4.79 Å². The van der Waals surface area contributed by atoms with Gasteiger partial charge in [0.15, 0.2) is 0 Å². The maximum absolute atomic E-state index is 12.6. The smallest absolute Gasteiger partial charge is 0.225 e. The van der Waals surface area contributed by atoms with Crippen LogP contribution in [-0.2, 0) is 10.2 Å². The number of carbonyl (C=O) groups excluding carboxylic acids is 1. The molecule has 1 N–H and O–H groups in total. The van der Waals surface area contributed by atoms with Gasteiger partial charge in [0.1, 0.15) is 0 Å². The van der Waals surface area contributed by atoms with E-state index in [2.05, 4.69) is 45.0 Å². The largest absolute Gasteiger partial charge is 0.390 e. The van der Waals surface area contributed by atoms with Gasteiger partial charge in [0.25, 0.3) is 0 Å². The molecule has 0 aromatic heterocycles. The Morgan fingerprint density at radius 2 is 1.88 bits per heavy atom. The van der Waals surface area contributed by atoms with Gasteiger partial charge in [-0.2, -0.15) is 0 Å². The molecule has 3 aliphatic rings. The summed E-state index contributed by atoms with van der Waals surface area (Å²) in [6.45, 7) is 10.5. The van der Waals surface area contributed by atoms with Crippen molar-refractivity contribution in [2.75, 3.05) is 13.1 Å². The summed E-state index contributed by atoms with van der Waals surface area (Å²) in [5, 5.41) is 9.88. The fourth-order valence-corrected chi connectivity index (χ4v) is 5.39. The Labute approximate surface area is 157 Å². The molecule has 2 aliphatic carbocycles. The highest BCUT2D eigenvalue weighted by Gasteiger charge is 2.53. The maximum atomic E-state index is 12.6. The van der Waals surface area contributed by atoms with Crippen LogP contribution >= 0.6 is 0 Å². The lowest BCUT2D eigenvalue weighted by Crippen LogP contribution is -2.61. The van der Waals surface area contributed by atoms with Gasteiger partial charge in [-0.1, -0.05) is 45.0 Å². The fourth-order valence-electron chi connectivity index (χ4n) is 5.39. The van der Waals surface area contributed by atoms with E-state index < -0.39 is 5.60 Å². The lowest BCUT2D eigenvalue weighted by atomic mass is 9.69. The third-order valence-electron chi connectivity index (χ3n) is 7.01. The van der Waals surface area contributed by atoms with E-state index in [-0.39, 0.29) is 17.2 Å². The lowest BCUT2D eigenvalue weighted by Gasteiger charge is -2.52. The molecule has 0 bridgehead atoms. The average Bonchev–Trinajstić information content (AvgIpc) is 2.95. The molecule has 1 heterocycles. The van der Waals surface area contributed by atoms with E-state index in [0.717, 1.165) is 13.1 Å². The third kappa shape index (κ3) is 3.19. The summed E-state index contributed by atoms with van der Waals surface area (Å²) < 4.78 is 0. The van der Waals surface area contributed by atoms with Crippen molar-refractivity contribution < 1.29 is 9.90 Å². The predicted molar refractivity (Wildman–Crippen MR) is 104 cm³/mol. The summed E-state index contributed by atoms with van der Waals surface area (Å²) in [7, 11) is 0. The van der Waals surface area contributed by atoms with Crippen LogP contribution in [-0.4, -0.2) is 34.6 Å². The first-order valence-electron chi connectivity index (χ1n) is 10.2. The summed E-state index contributed by atoms with van der Waals surface area (Å²) in [4.78, 5) is 14.6. The molecule has 2 saturated carbocycles. The van der Waals surface area contributed by atoms with Gasteiger partial charge in [-0.15, -0.1) is 0 Å². The summed E-state index contributed by atoms with van der Waals surface area (Å²) >= 11 is 0. The Hall–Kier alpha value is -1.35. The molecule has 1 spiro atoms. The molecule has 4 rings (SSSR count). The number of benzene rings is 1. The molecular weight excluding hydrogens is 322 g/mol. The summed E-state index contributed by atoms with van der Waals surface area (Å²) in [6.07, 6.45) is 4.97. The van der Waals surface area contributed by atoms with Crippen LogP contribution in [0, 0.1) is 11.3 Å². The van der Waals surface area contributed by atoms with E-state index in [0.29, 0.717) is 24.2 Å². The normalized spacial score (nSPS) is 33.0. The van der Waals surface area contributed by atoms with Crippen molar-refractivity contribution in [3.05, 3.63) is 35.4 Å². The molecule has 3 nitrogen and oxygen atoms in total. The number of likely N-dealkylation sites (tertiary alicyclic amines) is 1. The van der Waals surface area contributed by atoms with Crippen molar-refractivity contribution in [3.8, 4) is 0 Å². The van der Waals surface area contributed by atoms with Crippen LogP contribution in [0.2, 0.25) is 0 Å². The number of aliphatic hydroxyl groups is 1. The molecule has 3 heteroatoms. The van der Waals surface area contributed by atoms with Crippen LogP contribution in [0.1, 0.15) is 76.8 Å². The number of hydrogen-bond donors (Lipinski definition) is 1. The van der Waals surface area contributed by atoms with E-state index in [1.165, 1.54) is 30.4 Å². The molecular formula is C23H33NO2. The molecule has 0 radical (unpaired) electrons. The highest BCUT2D eigenvalue weighted by Crippen LogP contribution is 2.53. The lowest BCUT2D eigenvalue weighted by molar-refractivity contribution is -0.161. The van der Waals surface area contributed by atoms with Gasteiger partial charge in [0, 0.05) is 24.4 Å². The van der Waals surface area contributed by atoms with Gasteiger partial charge in [-0.25, -0.2) is 0 Å². The van der Waals surface area contributed by atoms with Crippen molar-refractivity contribution in [1.29, 1.82) is 0 Å². The third-order valence-corrected chi connectivity index (χ3v) is 7.01. The zero-order valence-corrected chi connectivity index (χ0v) is 16.7. The van der Waals surface area contributed by atoms with Crippen LogP contribution in [0.25, 0.3) is 0 Å². The standard InChI is InChI=1S/C23H33NO2/c1-21(2,3)19-7-5-6-16(10-19)17-8-9-23(13-17)14-24(15-23)20(25)18-11-22(4,26)12-18/h5-7,10,17-18,26H,8-9,11-15H2,1-4H3/t17-,18-,22+/m0/s1. The molecule has 1 aliphatic heterocycles. The van der Waals surface area contributed by atoms with Crippen molar-refractivity contribution in [2.24, 2.45) is 11.3 Å². The van der Waals surface area contributed by atoms with Gasteiger partial charge < -0.3 is 10.0 Å². The van der Waals surface area contributed by atoms with Crippen LogP contribution in [0.3, 0.4) is 0 Å². The second kappa shape index (κ2) is 5.82. The van der Waals surface area contributed by atoms with Crippen molar-refractivity contribution in [1.82, 2.24) is 4.90 Å². The van der Waals surface area contributed by atoms with E-state index in [9.17, 15) is 9.90 Å². The second-order valence-corrected chi connectivity index (χ2v) is 10.6. The van der Waals surface area contributed by atoms with Crippen molar-refractivity contribution in [3.63, 3.8) is 0 Å². The Morgan fingerprint density at radius 3 is 2.50 bits per heavy atom. The number of rotatable bonds is 2. The Morgan fingerprint density at radius 1 is 1.19 bits per heavy atom. The summed E-state index contributed by atoms with van der Waals surface area (Å²) in [6, 6.07) is 9.14. The zero-order valence-electron chi connectivity index (χ0n) is 16.7. The minimum Gasteiger partial charge on any atom is -0.390 e. The quantitative estimate of drug-likeness (QED) is 0.862. The first-order valence-corrected chi connectivity index (χ1v) is 10.2. The monoisotopic (exact) mass is 355 g/mol. The van der Waals surface area contributed by atoms with Crippen LogP contribution in [0.4, 0.5) is 0 Å². The van der Waals surface area contributed by atoms with Crippen LogP contribution in [0.15, 0.2) is 24.3 Å². The molecule has 1 aromatic rings. The van der Waals surface area contributed by atoms with Gasteiger partial charge >= 0.3 is 0 Å². The van der Waals surface area contributed by atoms with Gasteiger partial charge in [0.05, 0.1) is 5.60 Å². The van der Waals surface area contributed by atoms with E-state index in [1.54, 1.807) is 0 Å². The average molecular weight is 356 g/mol. The molecule has 1 amide bonds. The molecule has 1 atom stereocenters. The van der Waals surface area contributed by atoms with Crippen molar-refractivity contribution >= 4 is 5.91 Å². The topological polar surface area (TPSA) is 40.5 Å². The summed E-state index contributed by atoms with van der Waals surface area (Å²) in [5.74, 6) is 0.974. The SMILES string of the molecule is CC(C)(C)c1cccc([C@H]2CCC3(C2)CN(C(=O)[C@H]2C[C@@](C)(O)C2)C3)c1. The van der Waals surface area contributed by atoms with Gasteiger partial charge in [-0.05, 0) is 61.5 Å².